The molecule has 2 heterocycles. The number of fused-ring (bicyclic) bond motifs is 5. The Morgan fingerprint density at radius 1 is 0.281 bits per heavy atom. The van der Waals surface area contributed by atoms with Crippen LogP contribution >= 0.6 is 0 Å². The molecule has 11 rings (SSSR count). The molecule has 4 heteroatoms. The third-order valence-corrected chi connectivity index (χ3v) is 11.1. The number of aromatic nitrogens is 4. The number of rotatable bonds is 6. The van der Waals surface area contributed by atoms with Gasteiger partial charge >= 0.3 is 0 Å². The normalized spacial score (nSPS) is 11.5. The Labute approximate surface area is 330 Å². The minimum atomic E-state index is 0.635. The van der Waals surface area contributed by atoms with Gasteiger partial charge in [0, 0.05) is 33.2 Å². The van der Waals surface area contributed by atoms with E-state index in [0.29, 0.717) is 17.5 Å². The van der Waals surface area contributed by atoms with Crippen molar-refractivity contribution in [1.82, 2.24) is 19.5 Å². The fraction of sp³-hybridized carbons (Fsp3) is 0. The first-order valence-electron chi connectivity index (χ1n) is 19.3. The predicted octanol–water partition coefficient (Wildman–Crippen LogP) is 13.6. The molecule has 0 aliphatic carbocycles. The van der Waals surface area contributed by atoms with E-state index in [-0.39, 0.29) is 0 Å². The van der Waals surface area contributed by atoms with Crippen LogP contribution in [-0.2, 0) is 0 Å². The van der Waals surface area contributed by atoms with Crippen LogP contribution < -0.4 is 0 Å². The molecule has 0 bridgehead atoms. The van der Waals surface area contributed by atoms with Crippen molar-refractivity contribution in [1.29, 1.82) is 0 Å². The summed E-state index contributed by atoms with van der Waals surface area (Å²) >= 11 is 0. The first-order chi connectivity index (χ1) is 28.2. The van der Waals surface area contributed by atoms with Crippen LogP contribution in [0.3, 0.4) is 0 Å². The largest absolute Gasteiger partial charge is 0.309 e. The van der Waals surface area contributed by atoms with Crippen LogP contribution in [0.5, 0.6) is 0 Å². The van der Waals surface area contributed by atoms with E-state index in [9.17, 15) is 0 Å². The molecule has 9 aromatic carbocycles. The monoisotopic (exact) mass is 726 g/mol. The number of hydrogen-bond acceptors (Lipinski definition) is 3. The molecule has 0 radical (unpaired) electrons. The van der Waals surface area contributed by atoms with E-state index in [1.165, 1.54) is 43.7 Å². The highest BCUT2D eigenvalue weighted by Gasteiger charge is 2.17. The van der Waals surface area contributed by atoms with Gasteiger partial charge in [0.25, 0.3) is 0 Å². The average molecular weight is 727 g/mol. The maximum Gasteiger partial charge on any atom is 0.164 e. The lowest BCUT2D eigenvalue weighted by atomic mass is 9.94. The van der Waals surface area contributed by atoms with Gasteiger partial charge in [-0.3, -0.25) is 0 Å². The molecule has 0 unspecified atom stereocenters. The molecule has 0 atom stereocenters. The first kappa shape index (κ1) is 32.7. The molecule has 4 nitrogen and oxygen atoms in total. The first-order valence-corrected chi connectivity index (χ1v) is 19.3. The van der Waals surface area contributed by atoms with Crippen LogP contribution in [0.2, 0.25) is 0 Å². The number of para-hydroxylation sites is 1. The predicted molar refractivity (Wildman–Crippen MR) is 236 cm³/mol. The molecule has 0 aliphatic rings. The Balaban J connectivity index is 0.972. The van der Waals surface area contributed by atoms with Gasteiger partial charge in [0.05, 0.1) is 11.0 Å². The molecular formula is C53H34N4. The van der Waals surface area contributed by atoms with Gasteiger partial charge in [0.2, 0.25) is 0 Å². The summed E-state index contributed by atoms with van der Waals surface area (Å²) in [5.41, 5.74) is 11.0. The van der Waals surface area contributed by atoms with Crippen LogP contribution in [0, 0.1) is 0 Å². The van der Waals surface area contributed by atoms with Crippen molar-refractivity contribution < 1.29 is 0 Å². The van der Waals surface area contributed by atoms with Crippen LogP contribution in [0.4, 0.5) is 0 Å². The van der Waals surface area contributed by atoms with Crippen molar-refractivity contribution in [3.63, 3.8) is 0 Å². The Morgan fingerprint density at radius 3 is 1.44 bits per heavy atom. The zero-order chi connectivity index (χ0) is 37.7. The van der Waals surface area contributed by atoms with Crippen LogP contribution in [0.15, 0.2) is 206 Å². The summed E-state index contributed by atoms with van der Waals surface area (Å²) in [7, 11) is 0. The summed E-state index contributed by atoms with van der Waals surface area (Å²) in [6, 6.07) is 72.8. The molecule has 2 aromatic heterocycles. The van der Waals surface area contributed by atoms with Gasteiger partial charge in [-0.2, -0.15) is 0 Å². The SMILES string of the molecule is c1ccc(-c2nc(-c3ccc(-c4ccc(-n5c6ccccc6c6cc7ccccc7cc65)cc4)cc3)nc(-c3ccc(-c4ccccc4)c4ccccc34)n2)cc1. The zero-order valence-corrected chi connectivity index (χ0v) is 30.9. The van der Waals surface area contributed by atoms with Gasteiger partial charge in [-0.1, -0.05) is 170 Å². The molecule has 0 saturated heterocycles. The van der Waals surface area contributed by atoms with Gasteiger partial charge in [-0.15, -0.1) is 0 Å². The molecule has 11 aromatic rings. The molecular weight excluding hydrogens is 693 g/mol. The molecule has 0 spiro atoms. The molecule has 0 fully saturated rings. The standard InChI is InChI=1S/C53H34N4/c1-3-13-37(14-4-1)43-31-32-47(45-20-10-9-19-44(43)45)53-55-51(38-15-5-2-6-16-38)54-52(56-53)39-25-23-35(24-26-39)36-27-29-42(30-28-36)57-49-22-12-11-21-46(49)48-33-40-17-7-8-18-41(40)34-50(48)57/h1-34H. The Bertz CT molecular complexity index is 3260. The summed E-state index contributed by atoms with van der Waals surface area (Å²) in [4.78, 5) is 15.2. The number of hydrogen-bond donors (Lipinski definition) is 0. The smallest absolute Gasteiger partial charge is 0.164 e. The molecule has 57 heavy (non-hydrogen) atoms. The van der Waals surface area contributed by atoms with Crippen LogP contribution in [0.25, 0.3) is 105 Å². The van der Waals surface area contributed by atoms with Crippen molar-refractivity contribution in [2.75, 3.05) is 0 Å². The molecule has 0 amide bonds. The summed E-state index contributed by atoms with van der Waals surface area (Å²) in [5.74, 6) is 1.92. The average Bonchev–Trinajstić information content (AvgIpc) is 3.61. The highest BCUT2D eigenvalue weighted by Crippen LogP contribution is 2.37. The number of benzene rings is 9. The van der Waals surface area contributed by atoms with E-state index in [2.05, 4.69) is 180 Å². The van der Waals surface area contributed by atoms with Gasteiger partial charge in [0.15, 0.2) is 17.5 Å². The van der Waals surface area contributed by atoms with Crippen molar-refractivity contribution in [3.05, 3.63) is 206 Å². The highest BCUT2D eigenvalue weighted by molar-refractivity contribution is 6.13. The Hall–Kier alpha value is -7.69. The summed E-state index contributed by atoms with van der Waals surface area (Å²) < 4.78 is 2.38. The van der Waals surface area contributed by atoms with Gasteiger partial charge < -0.3 is 4.57 Å². The lowest BCUT2D eigenvalue weighted by Crippen LogP contribution is -2.00. The topological polar surface area (TPSA) is 43.6 Å². The maximum absolute atomic E-state index is 5.14. The van der Waals surface area contributed by atoms with E-state index in [0.717, 1.165) is 44.3 Å². The summed E-state index contributed by atoms with van der Waals surface area (Å²) in [6.45, 7) is 0. The van der Waals surface area contributed by atoms with Gasteiger partial charge in [-0.25, -0.2) is 15.0 Å². The van der Waals surface area contributed by atoms with E-state index >= 15 is 0 Å². The van der Waals surface area contributed by atoms with Gasteiger partial charge in [-0.05, 0) is 80.2 Å². The Morgan fingerprint density at radius 2 is 0.754 bits per heavy atom. The van der Waals surface area contributed by atoms with E-state index < -0.39 is 0 Å². The molecule has 266 valence electrons. The lowest BCUT2D eigenvalue weighted by molar-refractivity contribution is 1.08. The Kier molecular flexibility index (Phi) is 7.78. The quantitative estimate of drug-likeness (QED) is 0.171. The van der Waals surface area contributed by atoms with Gasteiger partial charge in [0.1, 0.15) is 0 Å². The van der Waals surface area contributed by atoms with Crippen molar-refractivity contribution in [3.8, 4) is 62.1 Å². The summed E-state index contributed by atoms with van der Waals surface area (Å²) in [5, 5.41) is 7.27. The minimum absolute atomic E-state index is 0.635. The van der Waals surface area contributed by atoms with E-state index in [4.69, 9.17) is 15.0 Å². The molecule has 0 N–H and O–H groups in total. The number of nitrogens with zero attached hydrogens (tertiary/aromatic N) is 4. The zero-order valence-electron chi connectivity index (χ0n) is 30.9. The molecule has 0 saturated carbocycles. The minimum Gasteiger partial charge on any atom is -0.309 e. The second-order valence-electron chi connectivity index (χ2n) is 14.4. The second-order valence-corrected chi connectivity index (χ2v) is 14.4. The third kappa shape index (κ3) is 5.74. The van der Waals surface area contributed by atoms with Crippen molar-refractivity contribution in [2.45, 2.75) is 0 Å². The summed E-state index contributed by atoms with van der Waals surface area (Å²) in [6.07, 6.45) is 0. The second kappa shape index (κ2) is 13.6. The fourth-order valence-corrected chi connectivity index (χ4v) is 8.25. The fourth-order valence-electron chi connectivity index (χ4n) is 8.25. The third-order valence-electron chi connectivity index (χ3n) is 11.1. The van der Waals surface area contributed by atoms with Crippen molar-refractivity contribution in [2.24, 2.45) is 0 Å². The maximum atomic E-state index is 5.14. The molecule has 0 aliphatic heterocycles. The van der Waals surface area contributed by atoms with E-state index in [1.807, 2.05) is 30.3 Å². The van der Waals surface area contributed by atoms with E-state index in [1.54, 1.807) is 0 Å². The van der Waals surface area contributed by atoms with Crippen LogP contribution in [-0.4, -0.2) is 19.5 Å². The highest BCUT2D eigenvalue weighted by atomic mass is 15.0. The van der Waals surface area contributed by atoms with Crippen LogP contribution in [0.1, 0.15) is 0 Å². The lowest BCUT2D eigenvalue weighted by Gasteiger charge is -2.13. The van der Waals surface area contributed by atoms with Crippen molar-refractivity contribution >= 4 is 43.4 Å².